The fourth-order valence-electron chi connectivity index (χ4n) is 1.00. The molecule has 0 spiro atoms. The highest BCUT2D eigenvalue weighted by Gasteiger charge is 2.18. The van der Waals surface area contributed by atoms with Gasteiger partial charge in [-0.05, 0) is 24.6 Å². The normalized spacial score (nSPS) is 12.6. The second-order valence-corrected chi connectivity index (χ2v) is 3.66. The first-order valence-electron chi connectivity index (χ1n) is 3.80. The second kappa shape index (κ2) is 4.15. The predicted molar refractivity (Wildman–Crippen MR) is 52.5 cm³/mol. The van der Waals surface area contributed by atoms with E-state index in [0.29, 0.717) is 5.56 Å². The maximum Gasteiger partial charge on any atom is 0.310 e. The molecule has 0 saturated carbocycles. The summed E-state index contributed by atoms with van der Waals surface area (Å²) >= 11 is 11.2. The Balaban J connectivity index is 3.22. The van der Waals surface area contributed by atoms with E-state index in [9.17, 15) is 9.18 Å². The number of carboxylic acid groups (broad SMARTS) is 1. The Kier molecular flexibility index (Phi) is 3.34. The maximum absolute atomic E-state index is 12.9. The van der Waals surface area contributed by atoms with Crippen LogP contribution in [0.3, 0.4) is 0 Å². The van der Waals surface area contributed by atoms with Crippen molar-refractivity contribution in [3.63, 3.8) is 0 Å². The van der Waals surface area contributed by atoms with Crippen LogP contribution in [0.15, 0.2) is 12.1 Å². The monoisotopic (exact) mass is 236 g/mol. The molecule has 0 aliphatic heterocycles. The highest BCUT2D eigenvalue weighted by molar-refractivity contribution is 6.33. The smallest absolute Gasteiger partial charge is 0.310 e. The van der Waals surface area contributed by atoms with Gasteiger partial charge in [-0.3, -0.25) is 4.79 Å². The summed E-state index contributed by atoms with van der Waals surface area (Å²) in [6, 6.07) is 2.25. The summed E-state index contributed by atoms with van der Waals surface area (Å²) in [6.45, 7) is 1.46. The average Bonchev–Trinajstić information content (AvgIpc) is 2.10. The van der Waals surface area contributed by atoms with Gasteiger partial charge in [0.05, 0.1) is 10.9 Å². The fourth-order valence-corrected chi connectivity index (χ4v) is 1.49. The molecule has 1 unspecified atom stereocenters. The molecule has 14 heavy (non-hydrogen) atoms. The summed E-state index contributed by atoms with van der Waals surface area (Å²) < 4.78 is 12.9. The van der Waals surface area contributed by atoms with E-state index < -0.39 is 17.7 Å². The second-order valence-electron chi connectivity index (χ2n) is 2.85. The van der Waals surface area contributed by atoms with Crippen LogP contribution in [-0.2, 0) is 4.79 Å². The minimum Gasteiger partial charge on any atom is -0.481 e. The van der Waals surface area contributed by atoms with Gasteiger partial charge < -0.3 is 5.11 Å². The largest absolute Gasteiger partial charge is 0.481 e. The zero-order valence-electron chi connectivity index (χ0n) is 7.22. The van der Waals surface area contributed by atoms with Crippen molar-refractivity contribution in [1.82, 2.24) is 0 Å². The van der Waals surface area contributed by atoms with Gasteiger partial charge in [-0.25, -0.2) is 4.39 Å². The van der Waals surface area contributed by atoms with E-state index in [4.69, 9.17) is 28.3 Å². The van der Waals surface area contributed by atoms with Crippen molar-refractivity contribution in [1.29, 1.82) is 0 Å². The fraction of sp³-hybridized carbons (Fsp3) is 0.222. The molecule has 2 nitrogen and oxygen atoms in total. The molecule has 1 N–H and O–H groups in total. The molecule has 0 fully saturated rings. The molecule has 0 aromatic heterocycles. The van der Waals surface area contributed by atoms with E-state index in [2.05, 4.69) is 0 Å². The quantitative estimate of drug-likeness (QED) is 0.801. The lowest BCUT2D eigenvalue weighted by Crippen LogP contribution is -2.08. The minimum absolute atomic E-state index is 0.0711. The summed E-state index contributed by atoms with van der Waals surface area (Å²) in [7, 11) is 0. The third-order valence-electron chi connectivity index (χ3n) is 1.88. The lowest BCUT2D eigenvalue weighted by molar-refractivity contribution is -0.138. The number of carbonyl (C=O) groups is 1. The van der Waals surface area contributed by atoms with Crippen LogP contribution in [0.5, 0.6) is 0 Å². The van der Waals surface area contributed by atoms with Gasteiger partial charge in [0.15, 0.2) is 0 Å². The molecule has 1 rings (SSSR count). The summed E-state index contributed by atoms with van der Waals surface area (Å²) in [6.07, 6.45) is 0. The summed E-state index contributed by atoms with van der Waals surface area (Å²) in [5.74, 6) is -2.49. The van der Waals surface area contributed by atoms with Crippen molar-refractivity contribution in [2.45, 2.75) is 12.8 Å². The standard InChI is InChI=1S/C9H7Cl2FO2/c1-4(9(13)14)5-2-7(11)8(12)3-6(5)10/h2-4H,1H3,(H,13,14). The Bertz CT molecular complexity index is 379. The summed E-state index contributed by atoms with van der Waals surface area (Å²) in [4.78, 5) is 10.7. The van der Waals surface area contributed by atoms with E-state index in [1.807, 2.05) is 0 Å². The van der Waals surface area contributed by atoms with Crippen molar-refractivity contribution >= 4 is 29.2 Å². The average molecular weight is 237 g/mol. The van der Waals surface area contributed by atoms with Crippen molar-refractivity contribution in [2.75, 3.05) is 0 Å². The van der Waals surface area contributed by atoms with Crippen LogP contribution >= 0.6 is 23.2 Å². The number of halogens is 3. The number of hydrogen-bond donors (Lipinski definition) is 1. The van der Waals surface area contributed by atoms with Gasteiger partial charge in [0.1, 0.15) is 5.82 Å². The van der Waals surface area contributed by atoms with Crippen molar-refractivity contribution in [2.24, 2.45) is 0 Å². The molecule has 0 aliphatic rings. The Hall–Kier alpha value is -0.800. The first-order valence-corrected chi connectivity index (χ1v) is 4.56. The van der Waals surface area contributed by atoms with Crippen LogP contribution in [0.25, 0.3) is 0 Å². The molecule has 1 atom stereocenters. The molecule has 0 bridgehead atoms. The van der Waals surface area contributed by atoms with Gasteiger partial charge in [0.25, 0.3) is 0 Å². The van der Waals surface area contributed by atoms with Crippen LogP contribution < -0.4 is 0 Å². The molecule has 0 aliphatic carbocycles. The lowest BCUT2D eigenvalue weighted by atomic mass is 10.0. The molecular weight excluding hydrogens is 230 g/mol. The van der Waals surface area contributed by atoms with Crippen LogP contribution in [0, 0.1) is 5.82 Å². The van der Waals surface area contributed by atoms with Gasteiger partial charge in [-0.15, -0.1) is 0 Å². The van der Waals surface area contributed by atoms with Crippen molar-refractivity contribution < 1.29 is 14.3 Å². The predicted octanol–water partition coefficient (Wildman–Crippen LogP) is 3.32. The third-order valence-corrected chi connectivity index (χ3v) is 2.49. The minimum atomic E-state index is -1.03. The maximum atomic E-state index is 12.9. The summed E-state index contributed by atoms with van der Waals surface area (Å²) in [5.41, 5.74) is 0.311. The van der Waals surface area contributed by atoms with Gasteiger partial charge in [0.2, 0.25) is 0 Å². The molecule has 0 radical (unpaired) electrons. The zero-order chi connectivity index (χ0) is 10.9. The lowest BCUT2D eigenvalue weighted by Gasteiger charge is -2.09. The molecule has 0 saturated heterocycles. The molecule has 0 heterocycles. The highest BCUT2D eigenvalue weighted by atomic mass is 35.5. The first kappa shape index (κ1) is 11.3. The van der Waals surface area contributed by atoms with E-state index in [-0.39, 0.29) is 10.0 Å². The SMILES string of the molecule is CC(C(=O)O)c1cc(Cl)c(F)cc1Cl. The van der Waals surface area contributed by atoms with Gasteiger partial charge in [0, 0.05) is 5.02 Å². The van der Waals surface area contributed by atoms with Crippen molar-refractivity contribution in [3.05, 3.63) is 33.6 Å². The zero-order valence-corrected chi connectivity index (χ0v) is 8.73. The van der Waals surface area contributed by atoms with Gasteiger partial charge >= 0.3 is 5.97 Å². The Morgan fingerprint density at radius 1 is 1.43 bits per heavy atom. The first-order chi connectivity index (χ1) is 6.43. The van der Waals surface area contributed by atoms with Crippen molar-refractivity contribution in [3.8, 4) is 0 Å². The molecule has 0 amide bonds. The highest BCUT2D eigenvalue weighted by Crippen LogP contribution is 2.29. The third kappa shape index (κ3) is 2.16. The molecule has 76 valence electrons. The number of carboxylic acids is 1. The van der Waals surface area contributed by atoms with E-state index in [1.54, 1.807) is 0 Å². The van der Waals surface area contributed by atoms with Gasteiger partial charge in [-0.1, -0.05) is 23.2 Å². The van der Waals surface area contributed by atoms with Crippen LogP contribution in [-0.4, -0.2) is 11.1 Å². The van der Waals surface area contributed by atoms with Crippen LogP contribution in [0.2, 0.25) is 10.0 Å². The van der Waals surface area contributed by atoms with Crippen LogP contribution in [0.1, 0.15) is 18.4 Å². The molecule has 1 aromatic carbocycles. The number of hydrogen-bond acceptors (Lipinski definition) is 1. The van der Waals surface area contributed by atoms with E-state index in [0.717, 1.165) is 6.07 Å². The Morgan fingerprint density at radius 2 is 2.00 bits per heavy atom. The van der Waals surface area contributed by atoms with Gasteiger partial charge in [-0.2, -0.15) is 0 Å². The Labute approximate surface area is 90.3 Å². The van der Waals surface area contributed by atoms with E-state index in [1.165, 1.54) is 13.0 Å². The number of aliphatic carboxylic acids is 1. The number of benzene rings is 1. The Morgan fingerprint density at radius 3 is 2.50 bits per heavy atom. The summed E-state index contributed by atoms with van der Waals surface area (Å²) in [5, 5.41) is 8.67. The molecular formula is C9H7Cl2FO2. The molecule has 5 heteroatoms. The van der Waals surface area contributed by atoms with Crippen LogP contribution in [0.4, 0.5) is 4.39 Å². The number of rotatable bonds is 2. The topological polar surface area (TPSA) is 37.3 Å². The van der Waals surface area contributed by atoms with E-state index >= 15 is 0 Å². The molecule has 1 aromatic rings.